The number of fused-ring (bicyclic) bond motifs is 1. The molecular formula is C16H18N4O2. The summed E-state index contributed by atoms with van der Waals surface area (Å²) >= 11 is 0. The highest BCUT2D eigenvalue weighted by Gasteiger charge is 2.29. The van der Waals surface area contributed by atoms with E-state index in [2.05, 4.69) is 28.5 Å². The molecule has 1 saturated heterocycles. The number of benzene rings is 1. The zero-order chi connectivity index (χ0) is 15.1. The first kappa shape index (κ1) is 13.3. The summed E-state index contributed by atoms with van der Waals surface area (Å²) in [7, 11) is 1.77. The van der Waals surface area contributed by atoms with Crippen LogP contribution >= 0.6 is 0 Å². The summed E-state index contributed by atoms with van der Waals surface area (Å²) in [6.45, 7) is 2.30. The van der Waals surface area contributed by atoms with E-state index in [0.717, 1.165) is 38.3 Å². The number of carbonyl (C=O) groups is 1. The number of nitrogens with zero attached hydrogens (tertiary/aromatic N) is 4. The van der Waals surface area contributed by atoms with E-state index in [1.807, 2.05) is 4.90 Å². The van der Waals surface area contributed by atoms with Gasteiger partial charge in [-0.25, -0.2) is 0 Å². The van der Waals surface area contributed by atoms with Gasteiger partial charge in [0, 0.05) is 32.5 Å². The molecule has 0 N–H and O–H groups in total. The van der Waals surface area contributed by atoms with Crippen LogP contribution in [0.4, 0.5) is 0 Å². The molecule has 114 valence electrons. The Morgan fingerprint density at radius 3 is 3.14 bits per heavy atom. The minimum absolute atomic E-state index is 0.0277. The van der Waals surface area contributed by atoms with E-state index in [1.54, 1.807) is 17.9 Å². The molecule has 1 aromatic carbocycles. The SMILES string of the molecule is Cn1cc(C(=O)N2CC[C@H](c3ccc4c(c3)CCO4)C2)nn1. The van der Waals surface area contributed by atoms with E-state index in [1.165, 1.54) is 11.1 Å². The molecule has 0 unspecified atom stereocenters. The highest BCUT2D eigenvalue weighted by atomic mass is 16.5. The Bertz CT molecular complexity index is 725. The third kappa shape index (κ3) is 2.24. The molecule has 3 heterocycles. The molecule has 0 bridgehead atoms. The Morgan fingerprint density at radius 1 is 1.41 bits per heavy atom. The van der Waals surface area contributed by atoms with Gasteiger partial charge in [0.25, 0.3) is 5.91 Å². The van der Waals surface area contributed by atoms with E-state index in [0.29, 0.717) is 11.6 Å². The summed E-state index contributed by atoms with van der Waals surface area (Å²) in [5.41, 5.74) is 3.01. The summed E-state index contributed by atoms with van der Waals surface area (Å²) in [4.78, 5) is 14.3. The molecule has 0 aliphatic carbocycles. The smallest absolute Gasteiger partial charge is 0.276 e. The van der Waals surface area contributed by atoms with Crippen molar-refractivity contribution in [3.8, 4) is 5.75 Å². The minimum Gasteiger partial charge on any atom is -0.493 e. The van der Waals surface area contributed by atoms with Crippen LogP contribution in [0.25, 0.3) is 0 Å². The molecule has 6 nitrogen and oxygen atoms in total. The lowest BCUT2D eigenvalue weighted by atomic mass is 9.96. The second-order valence-electron chi connectivity index (χ2n) is 5.98. The van der Waals surface area contributed by atoms with Gasteiger partial charge in [0.1, 0.15) is 5.75 Å². The zero-order valence-corrected chi connectivity index (χ0v) is 12.5. The molecule has 1 atom stereocenters. The lowest BCUT2D eigenvalue weighted by Gasteiger charge is -2.15. The summed E-state index contributed by atoms with van der Waals surface area (Å²) in [5, 5.41) is 7.74. The van der Waals surface area contributed by atoms with E-state index in [9.17, 15) is 4.79 Å². The Kier molecular flexibility index (Phi) is 3.10. The maximum Gasteiger partial charge on any atom is 0.276 e. The van der Waals surface area contributed by atoms with E-state index in [-0.39, 0.29) is 5.91 Å². The van der Waals surface area contributed by atoms with Crippen LogP contribution in [0.15, 0.2) is 24.4 Å². The van der Waals surface area contributed by atoms with Gasteiger partial charge in [-0.3, -0.25) is 9.48 Å². The van der Waals surface area contributed by atoms with Crippen LogP contribution in [0.5, 0.6) is 5.75 Å². The predicted octanol–water partition coefficient (Wildman–Crippen LogP) is 1.38. The highest BCUT2D eigenvalue weighted by molar-refractivity contribution is 5.92. The van der Waals surface area contributed by atoms with Gasteiger partial charge < -0.3 is 9.64 Å². The maximum absolute atomic E-state index is 12.4. The fourth-order valence-corrected chi connectivity index (χ4v) is 3.28. The average molecular weight is 298 g/mol. The monoisotopic (exact) mass is 298 g/mol. The van der Waals surface area contributed by atoms with Crippen LogP contribution in [0.2, 0.25) is 0 Å². The van der Waals surface area contributed by atoms with Crippen LogP contribution < -0.4 is 4.74 Å². The minimum atomic E-state index is -0.0277. The van der Waals surface area contributed by atoms with E-state index in [4.69, 9.17) is 4.74 Å². The van der Waals surface area contributed by atoms with Gasteiger partial charge in [-0.05, 0) is 23.6 Å². The fraction of sp³-hybridized carbons (Fsp3) is 0.438. The van der Waals surface area contributed by atoms with Gasteiger partial charge in [-0.1, -0.05) is 17.3 Å². The number of aryl methyl sites for hydroxylation is 1. The number of amides is 1. The Labute approximate surface area is 128 Å². The van der Waals surface area contributed by atoms with Crippen molar-refractivity contribution >= 4 is 5.91 Å². The van der Waals surface area contributed by atoms with Crippen molar-refractivity contribution in [3.63, 3.8) is 0 Å². The van der Waals surface area contributed by atoms with Crippen molar-refractivity contribution in [1.29, 1.82) is 0 Å². The molecule has 4 rings (SSSR count). The predicted molar refractivity (Wildman–Crippen MR) is 79.9 cm³/mol. The second-order valence-corrected chi connectivity index (χ2v) is 5.98. The van der Waals surface area contributed by atoms with Gasteiger partial charge in [0.15, 0.2) is 5.69 Å². The Morgan fingerprint density at radius 2 is 2.32 bits per heavy atom. The van der Waals surface area contributed by atoms with Crippen molar-refractivity contribution in [2.45, 2.75) is 18.8 Å². The van der Waals surface area contributed by atoms with Gasteiger partial charge in [-0.2, -0.15) is 0 Å². The van der Waals surface area contributed by atoms with Crippen LogP contribution in [-0.2, 0) is 13.5 Å². The van der Waals surface area contributed by atoms with Crippen LogP contribution in [0.1, 0.15) is 34.0 Å². The average Bonchev–Trinajstić information content (AvgIpc) is 3.25. The normalized spacial score (nSPS) is 20.0. The van der Waals surface area contributed by atoms with E-state index < -0.39 is 0 Å². The molecule has 2 aliphatic heterocycles. The van der Waals surface area contributed by atoms with Crippen LogP contribution in [0, 0.1) is 0 Å². The van der Waals surface area contributed by atoms with E-state index >= 15 is 0 Å². The molecule has 0 spiro atoms. The number of rotatable bonds is 2. The summed E-state index contributed by atoms with van der Waals surface area (Å²) in [6.07, 6.45) is 3.65. The number of hydrogen-bond acceptors (Lipinski definition) is 4. The summed E-state index contributed by atoms with van der Waals surface area (Å²) < 4.78 is 7.11. The number of carbonyl (C=O) groups excluding carboxylic acids is 1. The molecule has 1 amide bonds. The highest BCUT2D eigenvalue weighted by Crippen LogP contribution is 2.33. The van der Waals surface area contributed by atoms with Gasteiger partial charge >= 0.3 is 0 Å². The van der Waals surface area contributed by atoms with Crippen molar-refractivity contribution < 1.29 is 9.53 Å². The summed E-state index contributed by atoms with van der Waals surface area (Å²) in [6, 6.07) is 6.43. The molecule has 2 aromatic rings. The number of ether oxygens (including phenoxy) is 1. The molecule has 22 heavy (non-hydrogen) atoms. The first-order chi connectivity index (χ1) is 10.7. The standard InChI is InChI=1S/C16H18N4O2/c1-19-10-14(17-18-19)16(21)20-6-4-13(9-20)11-2-3-15-12(8-11)5-7-22-15/h2-3,8,10,13H,4-7,9H2,1H3/t13-/m0/s1. The molecule has 1 fully saturated rings. The first-order valence-corrected chi connectivity index (χ1v) is 7.62. The van der Waals surface area contributed by atoms with Gasteiger partial charge in [0.2, 0.25) is 0 Å². The van der Waals surface area contributed by atoms with Crippen molar-refractivity contribution in [1.82, 2.24) is 19.9 Å². The first-order valence-electron chi connectivity index (χ1n) is 7.62. The quantitative estimate of drug-likeness (QED) is 0.840. The van der Waals surface area contributed by atoms with Gasteiger partial charge in [0.05, 0.1) is 12.8 Å². The largest absolute Gasteiger partial charge is 0.493 e. The van der Waals surface area contributed by atoms with Crippen molar-refractivity contribution in [3.05, 3.63) is 41.2 Å². The van der Waals surface area contributed by atoms with Crippen LogP contribution in [-0.4, -0.2) is 45.5 Å². The topological polar surface area (TPSA) is 60.2 Å². The lowest BCUT2D eigenvalue weighted by Crippen LogP contribution is -2.28. The number of likely N-dealkylation sites (tertiary alicyclic amines) is 1. The van der Waals surface area contributed by atoms with Crippen molar-refractivity contribution in [2.24, 2.45) is 7.05 Å². The lowest BCUT2D eigenvalue weighted by molar-refractivity contribution is 0.0785. The van der Waals surface area contributed by atoms with Crippen LogP contribution in [0.3, 0.4) is 0 Å². The molecule has 0 radical (unpaired) electrons. The molecule has 1 aromatic heterocycles. The fourth-order valence-electron chi connectivity index (χ4n) is 3.28. The Balaban J connectivity index is 1.49. The molecule has 2 aliphatic rings. The number of aromatic nitrogens is 3. The number of hydrogen-bond donors (Lipinski definition) is 0. The maximum atomic E-state index is 12.4. The third-order valence-corrected chi connectivity index (χ3v) is 4.48. The second kappa shape index (κ2) is 5.12. The molecular weight excluding hydrogens is 280 g/mol. The molecule has 0 saturated carbocycles. The van der Waals surface area contributed by atoms with Crippen molar-refractivity contribution in [2.75, 3.05) is 19.7 Å². The summed E-state index contributed by atoms with van der Waals surface area (Å²) in [5.74, 6) is 1.38. The molecule has 6 heteroatoms. The third-order valence-electron chi connectivity index (χ3n) is 4.48. The Hall–Kier alpha value is -2.37. The zero-order valence-electron chi connectivity index (χ0n) is 12.5. The van der Waals surface area contributed by atoms with Gasteiger partial charge in [-0.15, -0.1) is 5.10 Å².